The molecule has 5 heteroatoms. The molecule has 4 rings (SSSR count). The van der Waals surface area contributed by atoms with Crippen LogP contribution in [0.25, 0.3) is 5.57 Å². The third kappa shape index (κ3) is 2.92. The predicted octanol–water partition coefficient (Wildman–Crippen LogP) is 3.81. The zero-order valence-electron chi connectivity index (χ0n) is 14.2. The topological polar surface area (TPSA) is 39.1 Å². The van der Waals surface area contributed by atoms with Crippen LogP contribution in [-0.2, 0) is 18.2 Å². The maximum absolute atomic E-state index is 6.32. The number of aromatic nitrogens is 2. The molecule has 0 radical (unpaired) electrons. The molecular formula is C20H20ClN3O. The number of allylic oxidation sites excluding steroid dienone is 2. The van der Waals surface area contributed by atoms with Gasteiger partial charge in [-0.2, -0.15) is 0 Å². The fourth-order valence-corrected chi connectivity index (χ4v) is 3.76. The highest BCUT2D eigenvalue weighted by molar-refractivity contribution is 6.30. The van der Waals surface area contributed by atoms with Crippen molar-refractivity contribution in [2.24, 2.45) is 7.05 Å². The molecule has 1 aliphatic carbocycles. The monoisotopic (exact) mass is 353 g/mol. The molecule has 0 spiro atoms. The quantitative estimate of drug-likeness (QED) is 0.911. The van der Waals surface area contributed by atoms with Gasteiger partial charge in [-0.15, -0.1) is 0 Å². The number of methoxy groups -OCH3 is 1. The lowest BCUT2D eigenvalue weighted by atomic mass is 9.94. The Bertz CT molecular complexity index is 894. The van der Waals surface area contributed by atoms with Gasteiger partial charge in [-0.1, -0.05) is 29.8 Å². The number of nitrogens with zero attached hydrogens (tertiary/aromatic N) is 2. The zero-order chi connectivity index (χ0) is 17.4. The molecule has 0 amide bonds. The summed E-state index contributed by atoms with van der Waals surface area (Å²) in [4.78, 5) is 4.26. The molecule has 2 aromatic rings. The van der Waals surface area contributed by atoms with E-state index in [1.165, 1.54) is 11.1 Å². The Morgan fingerprint density at radius 2 is 2.28 bits per heavy atom. The Balaban J connectivity index is 1.92. The standard InChI is InChI=1S/C20H20ClN3O/c1-24-12-22-11-19(24)20(25-2)17-8-14-4-3-7-23-18(14)9-13-5-6-15(21)10-16(13)17/h3-8,10-12,18,20,23H,9H2,1-2H3. The number of aryl methyl sites for hydroxylation is 1. The molecule has 4 nitrogen and oxygen atoms in total. The lowest BCUT2D eigenvalue weighted by Gasteiger charge is -2.21. The molecule has 1 N–H and O–H groups in total. The summed E-state index contributed by atoms with van der Waals surface area (Å²) in [5.74, 6) is 0. The van der Waals surface area contributed by atoms with Gasteiger partial charge in [0.2, 0.25) is 0 Å². The molecule has 2 aliphatic rings. The first-order chi connectivity index (χ1) is 12.2. The number of halogens is 1. The minimum absolute atomic E-state index is 0.213. The van der Waals surface area contributed by atoms with E-state index in [0.717, 1.165) is 28.3 Å². The van der Waals surface area contributed by atoms with E-state index in [9.17, 15) is 0 Å². The normalized spacial score (nSPS) is 19.9. The van der Waals surface area contributed by atoms with Gasteiger partial charge in [-0.25, -0.2) is 4.98 Å². The van der Waals surface area contributed by atoms with Crippen LogP contribution < -0.4 is 5.32 Å². The molecule has 2 heterocycles. The molecule has 1 aliphatic heterocycles. The van der Waals surface area contributed by atoms with Crippen molar-refractivity contribution in [3.8, 4) is 0 Å². The minimum Gasteiger partial charge on any atom is -0.384 e. The van der Waals surface area contributed by atoms with Gasteiger partial charge in [0.15, 0.2) is 0 Å². The number of nitrogens with one attached hydrogen (secondary N) is 1. The molecule has 0 bridgehead atoms. The van der Waals surface area contributed by atoms with Crippen LogP contribution in [0.1, 0.15) is 22.9 Å². The smallest absolute Gasteiger partial charge is 0.124 e. The number of dihydropyridines is 1. The highest BCUT2D eigenvalue weighted by atomic mass is 35.5. The number of fused-ring (bicyclic) bond motifs is 2. The molecule has 1 aromatic heterocycles. The summed E-state index contributed by atoms with van der Waals surface area (Å²) in [7, 11) is 3.72. The lowest BCUT2D eigenvalue weighted by molar-refractivity contribution is 0.144. The number of imidazole rings is 1. The number of benzene rings is 1. The molecule has 2 unspecified atom stereocenters. The molecular weight excluding hydrogens is 334 g/mol. The lowest BCUT2D eigenvalue weighted by Crippen LogP contribution is -2.29. The maximum atomic E-state index is 6.32. The van der Waals surface area contributed by atoms with E-state index >= 15 is 0 Å². The maximum Gasteiger partial charge on any atom is 0.124 e. The van der Waals surface area contributed by atoms with Crippen LogP contribution in [0.15, 0.2) is 60.7 Å². The first-order valence-electron chi connectivity index (χ1n) is 8.29. The van der Waals surface area contributed by atoms with Gasteiger partial charge in [0.1, 0.15) is 6.10 Å². The SMILES string of the molecule is COC(C1=CC2=CC=CNC2Cc2ccc(Cl)cc21)c1cncn1C. The molecule has 0 saturated heterocycles. The van der Waals surface area contributed by atoms with Crippen molar-refractivity contribution in [3.63, 3.8) is 0 Å². The number of rotatable bonds is 3. The van der Waals surface area contributed by atoms with Crippen molar-refractivity contribution >= 4 is 17.2 Å². The molecule has 1 aromatic carbocycles. The molecule has 0 fully saturated rings. The summed E-state index contributed by atoms with van der Waals surface area (Å²) < 4.78 is 7.90. The summed E-state index contributed by atoms with van der Waals surface area (Å²) in [5.41, 5.74) is 5.76. The first kappa shape index (κ1) is 16.2. The summed E-state index contributed by atoms with van der Waals surface area (Å²) in [6, 6.07) is 6.37. The Labute approximate surface area is 152 Å². The fourth-order valence-electron chi connectivity index (χ4n) is 3.59. The molecule has 0 saturated carbocycles. The fraction of sp³-hybridized carbons (Fsp3) is 0.250. The van der Waals surface area contributed by atoms with E-state index in [0.29, 0.717) is 0 Å². The zero-order valence-corrected chi connectivity index (χ0v) is 15.0. The van der Waals surface area contributed by atoms with Crippen LogP contribution in [0.4, 0.5) is 0 Å². The van der Waals surface area contributed by atoms with E-state index in [2.05, 4.69) is 28.5 Å². The first-order valence-corrected chi connectivity index (χ1v) is 8.67. The van der Waals surface area contributed by atoms with Crippen molar-refractivity contribution in [1.29, 1.82) is 0 Å². The molecule has 2 atom stereocenters. The van der Waals surface area contributed by atoms with Crippen LogP contribution >= 0.6 is 11.6 Å². The second-order valence-corrected chi connectivity index (χ2v) is 6.83. The average Bonchev–Trinajstić information content (AvgIpc) is 2.96. The predicted molar refractivity (Wildman–Crippen MR) is 100 cm³/mol. The van der Waals surface area contributed by atoms with Gasteiger partial charge in [0, 0.05) is 19.2 Å². The van der Waals surface area contributed by atoms with Crippen molar-refractivity contribution in [2.45, 2.75) is 18.6 Å². The van der Waals surface area contributed by atoms with Crippen LogP contribution in [0.2, 0.25) is 5.02 Å². The van der Waals surface area contributed by atoms with Gasteiger partial charge < -0.3 is 14.6 Å². The molecule has 128 valence electrons. The van der Waals surface area contributed by atoms with Gasteiger partial charge in [-0.05, 0) is 53.1 Å². The van der Waals surface area contributed by atoms with E-state index in [1.807, 2.05) is 42.2 Å². The van der Waals surface area contributed by atoms with Crippen LogP contribution in [0.5, 0.6) is 0 Å². The van der Waals surface area contributed by atoms with Crippen molar-refractivity contribution in [3.05, 3.63) is 82.6 Å². The van der Waals surface area contributed by atoms with Crippen molar-refractivity contribution in [2.75, 3.05) is 7.11 Å². The summed E-state index contributed by atoms with van der Waals surface area (Å²) in [6.07, 6.45) is 12.8. The summed E-state index contributed by atoms with van der Waals surface area (Å²) in [6.45, 7) is 0. The average molecular weight is 354 g/mol. The summed E-state index contributed by atoms with van der Waals surface area (Å²) >= 11 is 6.32. The second-order valence-electron chi connectivity index (χ2n) is 6.40. The van der Waals surface area contributed by atoms with E-state index < -0.39 is 0 Å². The van der Waals surface area contributed by atoms with Crippen LogP contribution in [0.3, 0.4) is 0 Å². The third-order valence-corrected chi connectivity index (χ3v) is 5.09. The molecule has 25 heavy (non-hydrogen) atoms. The highest BCUT2D eigenvalue weighted by Gasteiger charge is 2.28. The van der Waals surface area contributed by atoms with Gasteiger partial charge in [0.05, 0.1) is 24.3 Å². The van der Waals surface area contributed by atoms with Crippen LogP contribution in [-0.4, -0.2) is 22.7 Å². The Morgan fingerprint density at radius 3 is 3.04 bits per heavy atom. The van der Waals surface area contributed by atoms with Crippen molar-refractivity contribution in [1.82, 2.24) is 14.9 Å². The summed E-state index contributed by atoms with van der Waals surface area (Å²) in [5, 5.41) is 4.19. The van der Waals surface area contributed by atoms with E-state index in [1.54, 1.807) is 13.4 Å². The second kappa shape index (κ2) is 6.54. The Kier molecular flexibility index (Phi) is 4.24. The Hall–Kier alpha value is -2.30. The van der Waals surface area contributed by atoms with Gasteiger partial charge in [0.25, 0.3) is 0 Å². The van der Waals surface area contributed by atoms with Gasteiger partial charge in [-0.3, -0.25) is 0 Å². The van der Waals surface area contributed by atoms with E-state index in [-0.39, 0.29) is 12.1 Å². The number of hydrogen-bond acceptors (Lipinski definition) is 3. The number of hydrogen-bond donors (Lipinski definition) is 1. The minimum atomic E-state index is -0.213. The largest absolute Gasteiger partial charge is 0.384 e. The van der Waals surface area contributed by atoms with Gasteiger partial charge >= 0.3 is 0 Å². The van der Waals surface area contributed by atoms with E-state index in [4.69, 9.17) is 16.3 Å². The third-order valence-electron chi connectivity index (χ3n) is 4.85. The van der Waals surface area contributed by atoms with Crippen LogP contribution in [0, 0.1) is 0 Å². The van der Waals surface area contributed by atoms with Crippen molar-refractivity contribution < 1.29 is 4.74 Å². The number of ether oxygens (including phenoxy) is 1. The highest BCUT2D eigenvalue weighted by Crippen LogP contribution is 2.39. The Morgan fingerprint density at radius 1 is 1.40 bits per heavy atom.